The van der Waals surface area contributed by atoms with E-state index in [1.54, 1.807) is 0 Å². The molecule has 5 atom stereocenters. The van der Waals surface area contributed by atoms with E-state index in [4.69, 9.17) is 24.5 Å². The third-order valence-corrected chi connectivity index (χ3v) is 3.81. The minimum atomic E-state index is -2.79. The summed E-state index contributed by atoms with van der Waals surface area (Å²) in [5.41, 5.74) is 8.78. The Balaban J connectivity index is 3.43. The van der Waals surface area contributed by atoms with Crippen molar-refractivity contribution in [2.24, 2.45) is 5.11 Å². The van der Waals surface area contributed by atoms with E-state index in [0.29, 0.717) is 0 Å². The summed E-state index contributed by atoms with van der Waals surface area (Å²) in [4.78, 5) is 48.4. The lowest BCUT2D eigenvalue weighted by Gasteiger charge is -2.46. The molecule has 12 nitrogen and oxygen atoms in total. The van der Waals surface area contributed by atoms with Gasteiger partial charge in [-0.15, -0.1) is 0 Å². The largest absolute Gasteiger partial charge is 0.463 e. The van der Waals surface area contributed by atoms with Crippen molar-refractivity contribution in [3.05, 3.63) is 10.4 Å². The molecule has 0 aromatic rings. The maximum Gasteiger partial charge on any atom is 0.303 e. The minimum absolute atomic E-state index is 0.536. The average Bonchev–Trinajstić information content (AvgIpc) is 2.50. The fourth-order valence-corrected chi connectivity index (χ4v) is 2.64. The highest BCUT2D eigenvalue weighted by Gasteiger charge is 2.61. The van der Waals surface area contributed by atoms with E-state index in [-0.39, 0.29) is 0 Å². The van der Waals surface area contributed by atoms with Gasteiger partial charge in [-0.3, -0.25) is 19.2 Å². The molecule has 0 aromatic carbocycles. The Morgan fingerprint density at radius 3 is 2.19 bits per heavy atom. The average molecular weight is 438 g/mol. The van der Waals surface area contributed by atoms with Crippen LogP contribution in [-0.2, 0) is 38.1 Å². The molecule has 0 spiro atoms. The van der Waals surface area contributed by atoms with Gasteiger partial charge in [0.05, 0.1) is 0 Å². The summed E-state index contributed by atoms with van der Waals surface area (Å²) < 4.78 is 18.8. The molecular weight excluding hydrogens is 422 g/mol. The van der Waals surface area contributed by atoms with E-state index in [2.05, 4.69) is 26.0 Å². The van der Waals surface area contributed by atoms with Crippen LogP contribution in [0.25, 0.3) is 10.4 Å². The Morgan fingerprint density at radius 1 is 1.19 bits per heavy atom. The molecular formula is C13H16BrN3O9. The molecule has 1 rings (SSSR count). The van der Waals surface area contributed by atoms with Crippen LogP contribution in [0.1, 0.15) is 20.8 Å². The van der Waals surface area contributed by atoms with Crippen LogP contribution >= 0.6 is 15.9 Å². The molecule has 0 aliphatic carbocycles. The molecule has 1 N–H and O–H groups in total. The molecule has 1 aliphatic rings. The summed E-state index contributed by atoms with van der Waals surface area (Å²) in [5.74, 6) is -5.31. The first kappa shape index (κ1) is 21.8. The maximum atomic E-state index is 11.9. The van der Waals surface area contributed by atoms with Crippen LogP contribution in [0.4, 0.5) is 0 Å². The van der Waals surface area contributed by atoms with Gasteiger partial charge in [-0.2, -0.15) is 0 Å². The standard InChI is InChI=1S/C13H16BrN3O9/c1-5(18)23-4-8-9(16-17-15)10(24-6(2)19)11(25-7(3)20)13(22,26-8)12(14)21/h8-11,22H,4H2,1-3H3/t8-,9-,10+,11-,13?/m1/s1. The number of hydrogen-bond donors (Lipinski definition) is 1. The molecule has 1 saturated heterocycles. The number of carbonyl (C=O) groups excluding carboxylic acids is 4. The zero-order valence-electron chi connectivity index (χ0n) is 13.9. The van der Waals surface area contributed by atoms with E-state index in [9.17, 15) is 24.3 Å². The number of hydrogen-bond acceptors (Lipinski definition) is 10. The second-order valence-electron chi connectivity index (χ2n) is 5.23. The first-order valence-corrected chi connectivity index (χ1v) is 7.94. The van der Waals surface area contributed by atoms with Crippen LogP contribution < -0.4 is 0 Å². The second-order valence-corrected chi connectivity index (χ2v) is 5.95. The zero-order chi connectivity index (χ0) is 20.1. The molecule has 144 valence electrons. The molecule has 1 fully saturated rings. The first-order chi connectivity index (χ1) is 12.0. The third-order valence-electron chi connectivity index (χ3n) is 3.25. The van der Waals surface area contributed by atoms with Crippen molar-refractivity contribution in [1.82, 2.24) is 0 Å². The highest BCUT2D eigenvalue weighted by molar-refractivity contribution is 9.18. The molecule has 0 amide bonds. The SMILES string of the molecule is CC(=O)OC[C@H]1OC(O)(C(=O)Br)[C@H](OC(C)=O)[C@@H](OC(C)=O)[C@@H]1N=[N+]=[N-]. The van der Waals surface area contributed by atoms with E-state index in [0.717, 1.165) is 20.8 Å². The van der Waals surface area contributed by atoms with Gasteiger partial charge in [0.2, 0.25) is 6.10 Å². The number of azide groups is 1. The lowest BCUT2D eigenvalue weighted by molar-refractivity contribution is -0.311. The van der Waals surface area contributed by atoms with Gasteiger partial charge < -0.3 is 24.1 Å². The fourth-order valence-electron chi connectivity index (χ4n) is 2.32. The molecule has 0 aromatic heterocycles. The Kier molecular flexibility index (Phi) is 7.51. The number of rotatable bonds is 6. The molecule has 26 heavy (non-hydrogen) atoms. The second kappa shape index (κ2) is 8.94. The fraction of sp³-hybridized carbons (Fsp3) is 0.692. The van der Waals surface area contributed by atoms with Crippen molar-refractivity contribution in [1.29, 1.82) is 0 Å². The van der Waals surface area contributed by atoms with Crippen LogP contribution in [0.15, 0.2) is 5.11 Å². The molecule has 13 heteroatoms. The number of carbonyl (C=O) groups is 4. The van der Waals surface area contributed by atoms with Gasteiger partial charge in [0.15, 0.2) is 6.10 Å². The molecule has 1 unspecified atom stereocenters. The third kappa shape index (κ3) is 5.14. The first-order valence-electron chi connectivity index (χ1n) is 7.15. The van der Waals surface area contributed by atoms with E-state index < -0.39 is 59.3 Å². The Hall–Kier alpha value is -2.21. The molecule has 1 aliphatic heterocycles. The zero-order valence-corrected chi connectivity index (χ0v) is 15.5. The van der Waals surface area contributed by atoms with Gasteiger partial charge in [-0.05, 0) is 21.5 Å². The summed E-state index contributed by atoms with van der Waals surface area (Å²) in [5, 5.41) is 14.0. The monoisotopic (exact) mass is 437 g/mol. The topological polar surface area (TPSA) is 174 Å². The highest BCUT2D eigenvalue weighted by atomic mass is 79.9. The van der Waals surface area contributed by atoms with Gasteiger partial charge in [0.25, 0.3) is 10.5 Å². The predicted octanol–water partition coefficient (Wildman–Crippen LogP) is 0.101. The van der Waals surface area contributed by atoms with Crippen molar-refractivity contribution in [3.8, 4) is 0 Å². The van der Waals surface area contributed by atoms with Gasteiger partial charge in [0.1, 0.15) is 18.8 Å². The Labute approximate surface area is 155 Å². The number of esters is 3. The normalized spacial score (nSPS) is 30.5. The smallest absolute Gasteiger partial charge is 0.303 e. The number of ether oxygens (including phenoxy) is 4. The van der Waals surface area contributed by atoms with Crippen LogP contribution in [0.3, 0.4) is 0 Å². The van der Waals surface area contributed by atoms with Crippen molar-refractivity contribution >= 4 is 38.5 Å². The van der Waals surface area contributed by atoms with Crippen molar-refractivity contribution in [2.45, 2.75) is 50.9 Å². The molecule has 1 heterocycles. The predicted molar refractivity (Wildman–Crippen MR) is 84.4 cm³/mol. The van der Waals surface area contributed by atoms with Crippen LogP contribution in [0.5, 0.6) is 0 Å². The summed E-state index contributed by atoms with van der Waals surface area (Å²) in [6.45, 7) is 2.56. The number of halogens is 1. The summed E-state index contributed by atoms with van der Waals surface area (Å²) in [6, 6.07) is -1.38. The maximum absolute atomic E-state index is 11.9. The van der Waals surface area contributed by atoms with Gasteiger partial charge in [0, 0.05) is 25.7 Å². The quantitative estimate of drug-likeness (QED) is 0.151. The molecule has 0 bridgehead atoms. The van der Waals surface area contributed by atoms with E-state index >= 15 is 0 Å². The lowest BCUT2D eigenvalue weighted by atomic mass is 9.91. The van der Waals surface area contributed by atoms with Gasteiger partial charge in [-0.1, -0.05) is 5.11 Å². The van der Waals surface area contributed by atoms with Crippen LogP contribution in [0, 0.1) is 0 Å². The number of nitrogens with zero attached hydrogens (tertiary/aromatic N) is 3. The van der Waals surface area contributed by atoms with Crippen molar-refractivity contribution in [3.63, 3.8) is 0 Å². The van der Waals surface area contributed by atoms with Crippen molar-refractivity contribution < 1.29 is 43.2 Å². The minimum Gasteiger partial charge on any atom is -0.463 e. The Bertz CT molecular complexity index is 651. The molecule has 0 saturated carbocycles. The van der Waals surface area contributed by atoms with Gasteiger partial charge in [-0.25, -0.2) is 0 Å². The summed E-state index contributed by atoms with van der Waals surface area (Å²) in [7, 11) is 0. The number of aliphatic hydroxyl groups is 1. The van der Waals surface area contributed by atoms with Gasteiger partial charge >= 0.3 is 17.9 Å². The lowest BCUT2D eigenvalue weighted by Crippen LogP contribution is -2.68. The van der Waals surface area contributed by atoms with Crippen LogP contribution in [0.2, 0.25) is 0 Å². The summed E-state index contributed by atoms with van der Waals surface area (Å²) in [6.07, 6.45) is -4.81. The molecule has 0 radical (unpaired) electrons. The van der Waals surface area contributed by atoms with E-state index in [1.165, 1.54) is 0 Å². The van der Waals surface area contributed by atoms with E-state index in [1.807, 2.05) is 0 Å². The highest BCUT2D eigenvalue weighted by Crippen LogP contribution is 2.36. The Morgan fingerprint density at radius 2 is 1.77 bits per heavy atom. The van der Waals surface area contributed by atoms with Crippen molar-refractivity contribution in [2.75, 3.05) is 6.61 Å². The summed E-state index contributed by atoms with van der Waals surface area (Å²) >= 11 is 2.53. The van der Waals surface area contributed by atoms with Crippen LogP contribution in [-0.4, -0.2) is 64.5 Å².